The number of allylic oxidation sites excluding steroid dienone is 1. The first-order chi connectivity index (χ1) is 15.6. The summed E-state index contributed by atoms with van der Waals surface area (Å²) >= 11 is 0. The van der Waals surface area contributed by atoms with Crippen LogP contribution in [0.15, 0.2) is 60.7 Å². The van der Waals surface area contributed by atoms with Crippen molar-refractivity contribution in [3.05, 3.63) is 77.6 Å². The van der Waals surface area contributed by atoms with Crippen molar-refractivity contribution < 1.29 is 14.8 Å². The van der Waals surface area contributed by atoms with E-state index in [4.69, 9.17) is 10.2 Å². The Morgan fingerprint density at radius 2 is 1.78 bits per heavy atom. The summed E-state index contributed by atoms with van der Waals surface area (Å²) in [6.45, 7) is 0.709. The Morgan fingerprint density at radius 1 is 1.03 bits per heavy atom. The van der Waals surface area contributed by atoms with Gasteiger partial charge in [-0.3, -0.25) is 14.8 Å². The van der Waals surface area contributed by atoms with Gasteiger partial charge in [-0.1, -0.05) is 36.4 Å². The van der Waals surface area contributed by atoms with Gasteiger partial charge >= 0.3 is 0 Å². The molecule has 7 nitrogen and oxygen atoms in total. The summed E-state index contributed by atoms with van der Waals surface area (Å²) < 4.78 is 2.29. The highest BCUT2D eigenvalue weighted by Crippen LogP contribution is 2.40. The van der Waals surface area contributed by atoms with E-state index in [-0.39, 0.29) is 11.9 Å². The van der Waals surface area contributed by atoms with Gasteiger partial charge in [-0.05, 0) is 55.5 Å². The number of hydrogen-bond donors (Lipinski definition) is 3. The second-order valence-electron chi connectivity index (χ2n) is 8.62. The Bertz CT molecular complexity index is 1180. The number of amides is 2. The number of carbonyl (C=O) groups excluding carboxylic acids is 2. The van der Waals surface area contributed by atoms with Crippen LogP contribution in [0.2, 0.25) is 0 Å². The fourth-order valence-corrected chi connectivity index (χ4v) is 4.46. The minimum Gasteiger partial charge on any atom is -0.348 e. The van der Waals surface area contributed by atoms with Crippen LogP contribution in [0.5, 0.6) is 0 Å². The number of hydrogen-bond acceptors (Lipinski definition) is 4. The fraction of sp³-hybridized carbons (Fsp3) is 0.320. The SMILES string of the molecule is O=C(N[C@@H]1CC=CC[C@@H]1C(=O)NO)c1ccc(Cn2c(C3CC3)nc3ccccc32)cc1. The Balaban J connectivity index is 1.31. The Hall–Kier alpha value is -3.45. The number of fused-ring (bicyclic) bond motifs is 1. The lowest BCUT2D eigenvalue weighted by Crippen LogP contribution is -2.47. The molecule has 1 fully saturated rings. The summed E-state index contributed by atoms with van der Waals surface area (Å²) in [7, 11) is 0. The first kappa shape index (κ1) is 20.5. The molecule has 2 aliphatic carbocycles. The van der Waals surface area contributed by atoms with E-state index < -0.39 is 11.8 Å². The average molecular weight is 431 g/mol. The largest absolute Gasteiger partial charge is 0.348 e. The number of carbonyl (C=O) groups is 2. The van der Waals surface area contributed by atoms with E-state index in [1.165, 1.54) is 12.8 Å². The first-order valence-electron chi connectivity index (χ1n) is 11.1. The van der Waals surface area contributed by atoms with Crippen molar-refractivity contribution in [2.24, 2.45) is 5.92 Å². The number of para-hydroxylation sites is 2. The minimum atomic E-state index is -0.483. The summed E-state index contributed by atoms with van der Waals surface area (Å²) in [5, 5.41) is 11.9. The van der Waals surface area contributed by atoms with Gasteiger partial charge in [0.25, 0.3) is 5.91 Å². The zero-order chi connectivity index (χ0) is 22.1. The molecule has 2 aliphatic rings. The van der Waals surface area contributed by atoms with Gasteiger partial charge in [-0.25, -0.2) is 10.5 Å². The van der Waals surface area contributed by atoms with Gasteiger partial charge < -0.3 is 9.88 Å². The molecule has 164 valence electrons. The van der Waals surface area contributed by atoms with Gasteiger partial charge in [0, 0.05) is 24.1 Å². The Labute approximate surface area is 186 Å². The zero-order valence-corrected chi connectivity index (χ0v) is 17.7. The molecule has 1 aromatic heterocycles. The van der Waals surface area contributed by atoms with Crippen molar-refractivity contribution in [1.29, 1.82) is 0 Å². The first-order valence-corrected chi connectivity index (χ1v) is 11.1. The molecule has 32 heavy (non-hydrogen) atoms. The van der Waals surface area contributed by atoms with Crippen LogP contribution in [0.3, 0.4) is 0 Å². The van der Waals surface area contributed by atoms with Gasteiger partial charge in [-0.2, -0.15) is 0 Å². The molecule has 1 heterocycles. The summed E-state index contributed by atoms with van der Waals surface area (Å²) in [4.78, 5) is 29.5. The molecule has 2 atom stereocenters. The van der Waals surface area contributed by atoms with E-state index in [9.17, 15) is 9.59 Å². The lowest BCUT2D eigenvalue weighted by molar-refractivity contribution is -0.134. The second-order valence-corrected chi connectivity index (χ2v) is 8.62. The highest BCUT2D eigenvalue weighted by molar-refractivity contribution is 5.95. The maximum atomic E-state index is 12.8. The minimum absolute atomic E-state index is 0.223. The normalized spacial score (nSPS) is 20.3. The van der Waals surface area contributed by atoms with Crippen molar-refractivity contribution in [3.8, 4) is 0 Å². The van der Waals surface area contributed by atoms with Crippen LogP contribution >= 0.6 is 0 Å². The van der Waals surface area contributed by atoms with Crippen molar-refractivity contribution in [2.45, 2.75) is 44.2 Å². The molecule has 0 bridgehead atoms. The Morgan fingerprint density at radius 3 is 2.53 bits per heavy atom. The van der Waals surface area contributed by atoms with Crippen LogP contribution in [0, 0.1) is 5.92 Å². The number of benzene rings is 2. The standard InChI is InChI=1S/C25H26N4O3/c30-24(27-20-6-2-1-5-19(20)25(31)28-32)18-11-9-16(10-12-18)15-29-22-8-4-3-7-21(22)26-23(29)17-13-14-17/h1-4,7-12,17,19-20,32H,5-6,13-15H2,(H,27,30)(H,28,31)/t19-,20+/m0/s1. The second kappa shape index (κ2) is 8.59. The van der Waals surface area contributed by atoms with Crippen molar-refractivity contribution >= 4 is 22.8 Å². The molecule has 3 N–H and O–H groups in total. The average Bonchev–Trinajstić information content (AvgIpc) is 3.61. The molecule has 0 unspecified atom stereocenters. The van der Waals surface area contributed by atoms with Crippen molar-refractivity contribution in [1.82, 2.24) is 20.3 Å². The predicted octanol–water partition coefficient (Wildman–Crippen LogP) is 3.53. The monoisotopic (exact) mass is 430 g/mol. The van der Waals surface area contributed by atoms with Crippen LogP contribution in [-0.2, 0) is 11.3 Å². The third kappa shape index (κ3) is 4.03. The third-order valence-electron chi connectivity index (χ3n) is 6.38. The highest BCUT2D eigenvalue weighted by atomic mass is 16.5. The molecule has 2 amide bonds. The van der Waals surface area contributed by atoms with E-state index in [2.05, 4.69) is 22.0 Å². The number of hydroxylamine groups is 1. The van der Waals surface area contributed by atoms with Crippen LogP contribution in [0.25, 0.3) is 11.0 Å². The van der Waals surface area contributed by atoms with E-state index >= 15 is 0 Å². The molecule has 2 aromatic carbocycles. The van der Waals surface area contributed by atoms with E-state index in [0.717, 1.165) is 22.4 Å². The molecule has 0 radical (unpaired) electrons. The van der Waals surface area contributed by atoms with E-state index in [1.54, 1.807) is 5.48 Å². The molecular weight excluding hydrogens is 404 g/mol. The number of nitrogens with one attached hydrogen (secondary N) is 2. The molecule has 0 spiro atoms. The van der Waals surface area contributed by atoms with Crippen LogP contribution in [0.1, 0.15) is 53.3 Å². The maximum absolute atomic E-state index is 12.8. The quantitative estimate of drug-likeness (QED) is 0.317. The molecule has 5 rings (SSSR count). The van der Waals surface area contributed by atoms with Crippen LogP contribution < -0.4 is 10.8 Å². The smallest absolute Gasteiger partial charge is 0.251 e. The molecule has 0 saturated heterocycles. The fourth-order valence-electron chi connectivity index (χ4n) is 4.46. The number of aromatic nitrogens is 2. The summed E-state index contributed by atoms with van der Waals surface area (Å²) in [6.07, 6.45) is 7.26. The molecule has 7 heteroatoms. The van der Waals surface area contributed by atoms with Crippen LogP contribution in [0.4, 0.5) is 0 Å². The lowest BCUT2D eigenvalue weighted by Gasteiger charge is -2.27. The molecule has 3 aromatic rings. The third-order valence-corrected chi connectivity index (χ3v) is 6.38. The van der Waals surface area contributed by atoms with Gasteiger partial charge in [-0.15, -0.1) is 0 Å². The van der Waals surface area contributed by atoms with Gasteiger partial charge in [0.15, 0.2) is 0 Å². The van der Waals surface area contributed by atoms with Gasteiger partial charge in [0.05, 0.1) is 17.0 Å². The highest BCUT2D eigenvalue weighted by Gasteiger charge is 2.31. The van der Waals surface area contributed by atoms with Crippen molar-refractivity contribution in [3.63, 3.8) is 0 Å². The zero-order valence-electron chi connectivity index (χ0n) is 17.7. The van der Waals surface area contributed by atoms with Crippen LogP contribution in [-0.4, -0.2) is 32.6 Å². The number of imidazole rings is 1. The van der Waals surface area contributed by atoms with Crippen molar-refractivity contribution in [2.75, 3.05) is 0 Å². The number of nitrogens with zero attached hydrogens (tertiary/aromatic N) is 2. The molecule has 0 aliphatic heterocycles. The summed E-state index contributed by atoms with van der Waals surface area (Å²) in [6, 6.07) is 15.4. The van der Waals surface area contributed by atoms with Gasteiger partial charge in [0.1, 0.15) is 5.82 Å². The summed E-state index contributed by atoms with van der Waals surface area (Å²) in [5.41, 5.74) is 5.51. The topological polar surface area (TPSA) is 96.3 Å². The molecule has 1 saturated carbocycles. The van der Waals surface area contributed by atoms with E-state index in [1.807, 2.05) is 48.6 Å². The molecular formula is C25H26N4O3. The summed E-state index contributed by atoms with van der Waals surface area (Å²) in [5.74, 6) is 0.504. The Kier molecular flexibility index (Phi) is 5.49. The van der Waals surface area contributed by atoms with E-state index in [0.29, 0.717) is 30.9 Å². The predicted molar refractivity (Wildman–Crippen MR) is 120 cm³/mol. The lowest BCUT2D eigenvalue weighted by atomic mass is 9.88. The van der Waals surface area contributed by atoms with Gasteiger partial charge in [0.2, 0.25) is 5.91 Å². The number of rotatable bonds is 6. The maximum Gasteiger partial charge on any atom is 0.251 e.